The summed E-state index contributed by atoms with van der Waals surface area (Å²) in [5, 5.41) is 9.56. The van der Waals surface area contributed by atoms with Crippen LogP contribution in [0.5, 0.6) is 5.88 Å². The van der Waals surface area contributed by atoms with Crippen LogP contribution in [0.25, 0.3) is 0 Å². The average molecular weight is 304 g/mol. The molecule has 1 saturated heterocycles. The molecule has 22 heavy (non-hydrogen) atoms. The standard InChI is InChI=1S/C17H24N2O3/c1-12(20)9-15-3-2-8-19(15)17(21)14-6-7-16(18-10-14)22-11-13-4-5-13/h6-7,10,12-13,15,20H,2-5,8-9,11H2,1H3. The Labute approximate surface area is 131 Å². The van der Waals surface area contributed by atoms with Gasteiger partial charge in [-0.05, 0) is 51.0 Å². The number of aliphatic hydroxyl groups excluding tert-OH is 1. The third-order valence-electron chi connectivity index (χ3n) is 4.40. The fraction of sp³-hybridized carbons (Fsp3) is 0.647. The van der Waals surface area contributed by atoms with Crippen molar-refractivity contribution in [2.45, 2.75) is 51.2 Å². The van der Waals surface area contributed by atoms with E-state index in [1.807, 2.05) is 4.90 Å². The molecule has 0 bridgehead atoms. The molecule has 2 atom stereocenters. The van der Waals surface area contributed by atoms with Gasteiger partial charge < -0.3 is 14.7 Å². The van der Waals surface area contributed by atoms with Gasteiger partial charge in [0.1, 0.15) is 0 Å². The minimum atomic E-state index is -0.380. The third kappa shape index (κ3) is 3.77. The van der Waals surface area contributed by atoms with Gasteiger partial charge in [-0.15, -0.1) is 0 Å². The van der Waals surface area contributed by atoms with E-state index in [2.05, 4.69) is 4.98 Å². The number of rotatable bonds is 6. The lowest BCUT2D eigenvalue weighted by molar-refractivity contribution is 0.0681. The maximum Gasteiger partial charge on any atom is 0.255 e. The second kappa shape index (κ2) is 6.65. The van der Waals surface area contributed by atoms with Crippen LogP contribution < -0.4 is 4.74 Å². The summed E-state index contributed by atoms with van der Waals surface area (Å²) in [6.45, 7) is 3.26. The number of hydrogen-bond acceptors (Lipinski definition) is 4. The van der Waals surface area contributed by atoms with Crippen LogP contribution in [0.1, 0.15) is 49.4 Å². The van der Waals surface area contributed by atoms with Gasteiger partial charge in [0.05, 0.1) is 18.3 Å². The van der Waals surface area contributed by atoms with Crippen molar-refractivity contribution in [2.24, 2.45) is 5.92 Å². The second-order valence-electron chi connectivity index (χ2n) is 6.52. The van der Waals surface area contributed by atoms with Crippen molar-refractivity contribution in [3.8, 4) is 5.88 Å². The molecule has 1 N–H and O–H groups in total. The molecule has 0 spiro atoms. The highest BCUT2D eigenvalue weighted by molar-refractivity contribution is 5.94. The Morgan fingerprint density at radius 2 is 2.27 bits per heavy atom. The van der Waals surface area contributed by atoms with E-state index < -0.39 is 0 Å². The van der Waals surface area contributed by atoms with Crippen LogP contribution in [-0.2, 0) is 0 Å². The molecule has 2 aliphatic rings. The van der Waals surface area contributed by atoms with Gasteiger partial charge in [0.15, 0.2) is 0 Å². The summed E-state index contributed by atoms with van der Waals surface area (Å²) in [5.41, 5.74) is 0.594. The highest BCUT2D eigenvalue weighted by Gasteiger charge is 2.30. The molecule has 5 heteroatoms. The van der Waals surface area contributed by atoms with Crippen LogP contribution in [0, 0.1) is 5.92 Å². The smallest absolute Gasteiger partial charge is 0.255 e. The van der Waals surface area contributed by atoms with E-state index in [9.17, 15) is 9.90 Å². The second-order valence-corrected chi connectivity index (χ2v) is 6.52. The first-order chi connectivity index (χ1) is 10.6. The van der Waals surface area contributed by atoms with Crippen molar-refractivity contribution in [1.29, 1.82) is 0 Å². The molecular formula is C17H24N2O3. The number of nitrogens with zero attached hydrogens (tertiary/aromatic N) is 2. The van der Waals surface area contributed by atoms with E-state index in [1.54, 1.807) is 25.3 Å². The normalized spacial score (nSPS) is 22.6. The van der Waals surface area contributed by atoms with Gasteiger partial charge in [-0.2, -0.15) is 0 Å². The first-order valence-electron chi connectivity index (χ1n) is 8.21. The predicted octanol–water partition coefficient (Wildman–Crippen LogP) is 2.25. The van der Waals surface area contributed by atoms with Gasteiger partial charge >= 0.3 is 0 Å². The Hall–Kier alpha value is -1.62. The lowest BCUT2D eigenvalue weighted by Crippen LogP contribution is -2.37. The zero-order chi connectivity index (χ0) is 15.5. The number of pyridine rings is 1. The molecule has 1 amide bonds. The monoisotopic (exact) mass is 304 g/mol. The number of carbonyl (C=O) groups is 1. The predicted molar refractivity (Wildman–Crippen MR) is 82.8 cm³/mol. The number of ether oxygens (including phenoxy) is 1. The Morgan fingerprint density at radius 1 is 1.45 bits per heavy atom. The van der Waals surface area contributed by atoms with Crippen LogP contribution in [0.2, 0.25) is 0 Å². The fourth-order valence-corrected chi connectivity index (χ4v) is 2.99. The van der Waals surface area contributed by atoms with E-state index in [0.717, 1.165) is 26.0 Å². The Bertz CT molecular complexity index is 511. The molecule has 2 heterocycles. The van der Waals surface area contributed by atoms with E-state index >= 15 is 0 Å². The highest BCUT2D eigenvalue weighted by atomic mass is 16.5. The summed E-state index contributed by atoms with van der Waals surface area (Å²) in [6.07, 6.45) is 6.32. The minimum absolute atomic E-state index is 0.00407. The van der Waals surface area contributed by atoms with Crippen LogP contribution in [-0.4, -0.2) is 46.2 Å². The third-order valence-corrected chi connectivity index (χ3v) is 4.40. The van der Waals surface area contributed by atoms with E-state index in [0.29, 0.717) is 23.8 Å². The Kier molecular flexibility index (Phi) is 4.62. The largest absolute Gasteiger partial charge is 0.477 e. The van der Waals surface area contributed by atoms with Crippen molar-refractivity contribution in [3.05, 3.63) is 23.9 Å². The van der Waals surface area contributed by atoms with Crippen molar-refractivity contribution in [2.75, 3.05) is 13.2 Å². The van der Waals surface area contributed by atoms with Gasteiger partial charge in [0.2, 0.25) is 5.88 Å². The van der Waals surface area contributed by atoms with Crippen molar-refractivity contribution < 1.29 is 14.6 Å². The molecule has 1 aliphatic heterocycles. The summed E-state index contributed by atoms with van der Waals surface area (Å²) in [4.78, 5) is 18.7. The molecular weight excluding hydrogens is 280 g/mol. The maximum absolute atomic E-state index is 12.6. The van der Waals surface area contributed by atoms with Crippen molar-refractivity contribution in [1.82, 2.24) is 9.88 Å². The molecule has 1 aromatic rings. The number of aromatic nitrogens is 1. The molecule has 0 radical (unpaired) electrons. The van der Waals surface area contributed by atoms with Crippen molar-refractivity contribution >= 4 is 5.91 Å². The van der Waals surface area contributed by atoms with Gasteiger partial charge in [-0.3, -0.25) is 4.79 Å². The lowest BCUT2D eigenvalue weighted by atomic mass is 10.1. The first-order valence-corrected chi connectivity index (χ1v) is 8.21. The first kappa shape index (κ1) is 15.3. The molecule has 1 aliphatic carbocycles. The zero-order valence-corrected chi connectivity index (χ0v) is 13.1. The van der Waals surface area contributed by atoms with Crippen LogP contribution >= 0.6 is 0 Å². The molecule has 0 aromatic carbocycles. The highest BCUT2D eigenvalue weighted by Crippen LogP contribution is 2.29. The lowest BCUT2D eigenvalue weighted by Gasteiger charge is -2.25. The molecule has 5 nitrogen and oxygen atoms in total. The minimum Gasteiger partial charge on any atom is -0.477 e. The summed E-state index contributed by atoms with van der Waals surface area (Å²) >= 11 is 0. The fourth-order valence-electron chi connectivity index (χ4n) is 2.99. The topological polar surface area (TPSA) is 62.7 Å². The molecule has 3 rings (SSSR count). The summed E-state index contributed by atoms with van der Waals surface area (Å²) in [5.74, 6) is 1.28. The van der Waals surface area contributed by atoms with Crippen molar-refractivity contribution in [3.63, 3.8) is 0 Å². The number of carbonyl (C=O) groups excluding carboxylic acids is 1. The number of likely N-dealkylation sites (tertiary alicyclic amines) is 1. The van der Waals surface area contributed by atoms with Gasteiger partial charge in [-0.1, -0.05) is 0 Å². The molecule has 2 unspecified atom stereocenters. The molecule has 1 saturated carbocycles. The zero-order valence-electron chi connectivity index (χ0n) is 13.1. The average Bonchev–Trinajstić information content (AvgIpc) is 3.23. The van der Waals surface area contributed by atoms with E-state index in [-0.39, 0.29) is 18.1 Å². The Morgan fingerprint density at radius 3 is 2.91 bits per heavy atom. The summed E-state index contributed by atoms with van der Waals surface area (Å²) in [7, 11) is 0. The summed E-state index contributed by atoms with van der Waals surface area (Å²) < 4.78 is 5.59. The molecule has 1 aromatic heterocycles. The Balaban J connectivity index is 1.60. The molecule has 120 valence electrons. The van der Waals surface area contributed by atoms with E-state index in [1.165, 1.54) is 12.8 Å². The number of hydrogen-bond donors (Lipinski definition) is 1. The summed E-state index contributed by atoms with van der Waals surface area (Å²) in [6, 6.07) is 3.70. The van der Waals surface area contributed by atoms with Gasteiger partial charge in [0, 0.05) is 24.8 Å². The van der Waals surface area contributed by atoms with E-state index in [4.69, 9.17) is 4.74 Å². The van der Waals surface area contributed by atoms with Gasteiger partial charge in [0.25, 0.3) is 5.91 Å². The van der Waals surface area contributed by atoms with Crippen LogP contribution in [0.15, 0.2) is 18.3 Å². The van der Waals surface area contributed by atoms with Crippen LogP contribution in [0.4, 0.5) is 0 Å². The molecule has 2 fully saturated rings. The number of amides is 1. The maximum atomic E-state index is 12.6. The van der Waals surface area contributed by atoms with Gasteiger partial charge in [-0.25, -0.2) is 4.98 Å². The number of aliphatic hydroxyl groups is 1. The SMILES string of the molecule is CC(O)CC1CCCN1C(=O)c1ccc(OCC2CC2)nc1. The quantitative estimate of drug-likeness (QED) is 0.875. The van der Waals surface area contributed by atoms with Crippen LogP contribution in [0.3, 0.4) is 0 Å².